The summed E-state index contributed by atoms with van der Waals surface area (Å²) < 4.78 is 0.690. The number of halogens is 1. The fraction of sp³-hybridized carbons (Fsp3) is 0.600. The van der Waals surface area contributed by atoms with Crippen LogP contribution >= 0.6 is 22.9 Å². The average Bonchev–Trinajstić information content (AvgIpc) is 2.84. The van der Waals surface area contributed by atoms with Crippen molar-refractivity contribution in [3.8, 4) is 0 Å². The molecule has 1 fully saturated rings. The Morgan fingerprint density at radius 2 is 2.10 bits per heavy atom. The van der Waals surface area contributed by atoms with Crippen LogP contribution in [0, 0.1) is 5.92 Å². The van der Waals surface area contributed by atoms with Gasteiger partial charge in [-0.2, -0.15) is 0 Å². The zero-order chi connectivity index (χ0) is 15.8. The second kappa shape index (κ2) is 5.97. The molecule has 0 spiro atoms. The summed E-state index contributed by atoms with van der Waals surface area (Å²) in [5, 5.41) is 2.88. The molecule has 1 aliphatic rings. The highest BCUT2D eigenvalue weighted by molar-refractivity contribution is 7.16. The van der Waals surface area contributed by atoms with Gasteiger partial charge in [-0.1, -0.05) is 31.9 Å². The molecule has 4 nitrogen and oxygen atoms in total. The molecule has 0 aliphatic carbocycles. The van der Waals surface area contributed by atoms with Crippen LogP contribution in [-0.4, -0.2) is 28.3 Å². The summed E-state index contributed by atoms with van der Waals surface area (Å²) in [6, 6.07) is 3.28. The smallest absolute Gasteiger partial charge is 0.246 e. The number of nitrogens with zero attached hydrogens (tertiary/aromatic N) is 1. The van der Waals surface area contributed by atoms with Gasteiger partial charge in [-0.15, -0.1) is 11.3 Å². The molecule has 6 heteroatoms. The molecule has 2 unspecified atom stereocenters. The summed E-state index contributed by atoms with van der Waals surface area (Å²) in [4.78, 5) is 27.8. The minimum Gasteiger partial charge on any atom is -0.342 e. The van der Waals surface area contributed by atoms with E-state index in [2.05, 4.69) is 5.32 Å². The molecule has 0 aromatic carbocycles. The molecule has 2 amide bonds. The Labute approximate surface area is 134 Å². The SMILES string of the molecule is CCC(C)C1NC(=O)C(C)(C)N(Cc2ccc(Cl)s2)C1=O. The maximum Gasteiger partial charge on any atom is 0.246 e. The summed E-state index contributed by atoms with van der Waals surface area (Å²) in [5.74, 6) is 0.000462. The van der Waals surface area contributed by atoms with Crippen molar-refractivity contribution in [1.82, 2.24) is 10.2 Å². The van der Waals surface area contributed by atoms with E-state index < -0.39 is 11.6 Å². The van der Waals surface area contributed by atoms with Gasteiger partial charge < -0.3 is 10.2 Å². The Morgan fingerprint density at radius 1 is 1.43 bits per heavy atom. The van der Waals surface area contributed by atoms with Crippen LogP contribution < -0.4 is 5.32 Å². The molecule has 0 radical (unpaired) electrons. The van der Waals surface area contributed by atoms with E-state index in [0.29, 0.717) is 10.9 Å². The minimum absolute atomic E-state index is 0.0153. The van der Waals surface area contributed by atoms with Crippen LogP contribution in [0.5, 0.6) is 0 Å². The van der Waals surface area contributed by atoms with Crippen LogP contribution in [0.25, 0.3) is 0 Å². The number of hydrogen-bond donors (Lipinski definition) is 1. The number of amides is 2. The molecular formula is C15H21ClN2O2S. The third kappa shape index (κ3) is 3.09. The van der Waals surface area contributed by atoms with Gasteiger partial charge in [-0.25, -0.2) is 0 Å². The van der Waals surface area contributed by atoms with E-state index in [1.165, 1.54) is 11.3 Å². The zero-order valence-corrected chi connectivity index (χ0v) is 14.3. The number of hydrogen-bond acceptors (Lipinski definition) is 3. The minimum atomic E-state index is -0.850. The Bertz CT molecular complexity index is 556. The number of piperazine rings is 1. The van der Waals surface area contributed by atoms with Crippen LogP contribution in [0.2, 0.25) is 4.34 Å². The van der Waals surface area contributed by atoms with E-state index in [9.17, 15) is 9.59 Å². The maximum atomic E-state index is 12.8. The molecule has 21 heavy (non-hydrogen) atoms. The van der Waals surface area contributed by atoms with Gasteiger partial charge in [0.05, 0.1) is 10.9 Å². The van der Waals surface area contributed by atoms with Crippen LogP contribution in [-0.2, 0) is 16.1 Å². The molecule has 2 rings (SSSR count). The van der Waals surface area contributed by atoms with Gasteiger partial charge in [0.2, 0.25) is 11.8 Å². The van der Waals surface area contributed by atoms with Crippen LogP contribution in [0.1, 0.15) is 39.0 Å². The fourth-order valence-corrected chi connectivity index (χ4v) is 3.51. The number of nitrogens with one attached hydrogen (secondary N) is 1. The second-order valence-electron chi connectivity index (χ2n) is 6.03. The van der Waals surface area contributed by atoms with E-state index in [0.717, 1.165) is 11.3 Å². The van der Waals surface area contributed by atoms with Crippen molar-refractivity contribution in [2.45, 2.75) is 52.2 Å². The first kappa shape index (κ1) is 16.3. The van der Waals surface area contributed by atoms with Gasteiger partial charge >= 0.3 is 0 Å². The summed E-state index contributed by atoms with van der Waals surface area (Å²) in [6.07, 6.45) is 0.843. The average molecular weight is 329 g/mol. The molecule has 1 aromatic rings. The Hall–Kier alpha value is -1.07. The van der Waals surface area contributed by atoms with Crippen molar-refractivity contribution in [1.29, 1.82) is 0 Å². The highest BCUT2D eigenvalue weighted by Gasteiger charge is 2.47. The standard InChI is InChI=1S/C15H21ClN2O2S/c1-5-9(2)12-13(19)18(15(3,4)14(20)17-12)8-10-6-7-11(16)21-10/h6-7,9,12H,5,8H2,1-4H3,(H,17,20). The van der Waals surface area contributed by atoms with Gasteiger partial charge in [-0.05, 0) is 31.9 Å². The van der Waals surface area contributed by atoms with Crippen molar-refractivity contribution < 1.29 is 9.59 Å². The molecule has 2 heterocycles. The van der Waals surface area contributed by atoms with E-state index in [1.807, 2.05) is 26.0 Å². The lowest BCUT2D eigenvalue weighted by Crippen LogP contribution is -2.69. The number of carbonyl (C=O) groups excluding carboxylic acids is 2. The molecule has 0 bridgehead atoms. The third-order valence-corrected chi connectivity index (χ3v) is 5.42. The molecular weight excluding hydrogens is 308 g/mol. The number of carbonyl (C=O) groups is 2. The van der Waals surface area contributed by atoms with Crippen LogP contribution in [0.4, 0.5) is 0 Å². The van der Waals surface area contributed by atoms with Gasteiger partial charge in [0.25, 0.3) is 0 Å². The molecule has 1 N–H and O–H groups in total. The molecule has 2 atom stereocenters. The highest BCUT2D eigenvalue weighted by Crippen LogP contribution is 2.29. The van der Waals surface area contributed by atoms with E-state index in [1.54, 1.807) is 18.7 Å². The summed E-state index contributed by atoms with van der Waals surface area (Å²) >= 11 is 7.39. The van der Waals surface area contributed by atoms with Gasteiger partial charge in [0.15, 0.2) is 0 Å². The van der Waals surface area contributed by atoms with Crippen molar-refractivity contribution in [2.75, 3.05) is 0 Å². The Morgan fingerprint density at radius 3 is 2.62 bits per heavy atom. The van der Waals surface area contributed by atoms with Crippen molar-refractivity contribution >= 4 is 34.8 Å². The monoisotopic (exact) mass is 328 g/mol. The van der Waals surface area contributed by atoms with Crippen molar-refractivity contribution in [3.05, 3.63) is 21.3 Å². The molecule has 0 saturated carbocycles. The predicted molar refractivity (Wildman–Crippen MR) is 85.3 cm³/mol. The summed E-state index contributed by atoms with van der Waals surface area (Å²) in [6.45, 7) is 7.99. The lowest BCUT2D eigenvalue weighted by Gasteiger charge is -2.45. The normalized spacial score (nSPS) is 23.1. The number of rotatable bonds is 4. The Balaban J connectivity index is 2.29. The van der Waals surface area contributed by atoms with Gasteiger partial charge in [0.1, 0.15) is 11.6 Å². The quantitative estimate of drug-likeness (QED) is 0.923. The highest BCUT2D eigenvalue weighted by atomic mass is 35.5. The van der Waals surface area contributed by atoms with Crippen molar-refractivity contribution in [2.24, 2.45) is 5.92 Å². The Kier molecular flexibility index (Phi) is 4.63. The maximum absolute atomic E-state index is 12.8. The molecule has 116 valence electrons. The van der Waals surface area contributed by atoms with E-state index in [4.69, 9.17) is 11.6 Å². The van der Waals surface area contributed by atoms with Gasteiger partial charge in [-0.3, -0.25) is 9.59 Å². The van der Waals surface area contributed by atoms with E-state index >= 15 is 0 Å². The van der Waals surface area contributed by atoms with Gasteiger partial charge in [0, 0.05) is 4.88 Å². The second-order valence-corrected chi connectivity index (χ2v) is 7.83. The lowest BCUT2D eigenvalue weighted by molar-refractivity contribution is -0.157. The lowest BCUT2D eigenvalue weighted by atomic mass is 9.89. The van der Waals surface area contributed by atoms with Crippen molar-refractivity contribution in [3.63, 3.8) is 0 Å². The van der Waals surface area contributed by atoms with Crippen LogP contribution in [0.15, 0.2) is 12.1 Å². The first-order valence-electron chi connectivity index (χ1n) is 7.14. The molecule has 1 aliphatic heterocycles. The predicted octanol–water partition coefficient (Wildman–Crippen LogP) is 3.05. The van der Waals surface area contributed by atoms with E-state index in [-0.39, 0.29) is 17.7 Å². The molecule has 1 aromatic heterocycles. The fourth-order valence-electron chi connectivity index (χ4n) is 2.44. The first-order chi connectivity index (χ1) is 9.77. The van der Waals surface area contributed by atoms with Crippen LogP contribution in [0.3, 0.4) is 0 Å². The molecule has 1 saturated heterocycles. The topological polar surface area (TPSA) is 49.4 Å². The third-order valence-electron chi connectivity index (χ3n) is 4.20. The largest absolute Gasteiger partial charge is 0.342 e. The summed E-state index contributed by atoms with van der Waals surface area (Å²) in [5.41, 5.74) is -0.850. The number of thiophene rings is 1. The summed E-state index contributed by atoms with van der Waals surface area (Å²) in [7, 11) is 0. The zero-order valence-electron chi connectivity index (χ0n) is 12.8. The first-order valence-corrected chi connectivity index (χ1v) is 8.33.